The number of aromatic hydroxyl groups is 2. The minimum atomic E-state index is -0.408. The second-order valence-electron chi connectivity index (χ2n) is 4.21. The number of aromatic nitrogens is 2. The van der Waals surface area contributed by atoms with Crippen molar-refractivity contribution in [3.63, 3.8) is 0 Å². The smallest absolute Gasteiger partial charge is 0.256 e. The zero-order chi connectivity index (χ0) is 14.0. The zero-order valence-electron chi connectivity index (χ0n) is 10.7. The standard InChI is InChI=1S/C13H15N3O3/c1-3-11-12(7-16(2)15-11)14-13(19)8-4-9(17)6-10(18)5-8/h4-7,17-18H,3H2,1-2H3,(H,14,19). The molecule has 0 spiro atoms. The van der Waals surface area contributed by atoms with Gasteiger partial charge in [-0.15, -0.1) is 0 Å². The summed E-state index contributed by atoms with van der Waals surface area (Å²) >= 11 is 0. The van der Waals surface area contributed by atoms with Gasteiger partial charge in [-0.3, -0.25) is 9.48 Å². The van der Waals surface area contributed by atoms with Gasteiger partial charge in [0.15, 0.2) is 0 Å². The summed E-state index contributed by atoms with van der Waals surface area (Å²) < 4.78 is 1.62. The molecule has 6 nitrogen and oxygen atoms in total. The number of phenols is 2. The Morgan fingerprint density at radius 2 is 1.95 bits per heavy atom. The van der Waals surface area contributed by atoms with E-state index in [1.165, 1.54) is 18.2 Å². The first-order valence-corrected chi connectivity index (χ1v) is 5.86. The molecule has 0 saturated carbocycles. The minimum absolute atomic E-state index is 0.160. The topological polar surface area (TPSA) is 87.4 Å². The zero-order valence-corrected chi connectivity index (χ0v) is 10.7. The summed E-state index contributed by atoms with van der Waals surface area (Å²) in [5, 5.41) is 25.6. The van der Waals surface area contributed by atoms with Crippen LogP contribution in [0.15, 0.2) is 24.4 Å². The summed E-state index contributed by atoms with van der Waals surface area (Å²) in [4.78, 5) is 12.0. The average molecular weight is 261 g/mol. The van der Waals surface area contributed by atoms with Crippen molar-refractivity contribution in [1.82, 2.24) is 9.78 Å². The molecule has 0 saturated heterocycles. The maximum atomic E-state index is 12.0. The largest absolute Gasteiger partial charge is 0.508 e. The third kappa shape index (κ3) is 2.85. The van der Waals surface area contributed by atoms with Crippen molar-refractivity contribution in [1.29, 1.82) is 0 Å². The van der Waals surface area contributed by atoms with E-state index in [0.29, 0.717) is 12.1 Å². The Hall–Kier alpha value is -2.50. The van der Waals surface area contributed by atoms with Crippen molar-refractivity contribution in [3.8, 4) is 11.5 Å². The quantitative estimate of drug-likeness (QED) is 0.784. The Morgan fingerprint density at radius 1 is 1.32 bits per heavy atom. The number of amides is 1. The van der Waals surface area contributed by atoms with Crippen LogP contribution in [0.3, 0.4) is 0 Å². The molecule has 1 aromatic carbocycles. The summed E-state index contributed by atoms with van der Waals surface area (Å²) in [5.74, 6) is -0.729. The number of carbonyl (C=O) groups excluding carboxylic acids is 1. The number of carbonyl (C=O) groups is 1. The number of aryl methyl sites for hydroxylation is 2. The lowest BCUT2D eigenvalue weighted by molar-refractivity contribution is 0.102. The van der Waals surface area contributed by atoms with Gasteiger partial charge in [-0.2, -0.15) is 5.10 Å². The van der Waals surface area contributed by atoms with E-state index in [1.54, 1.807) is 17.9 Å². The molecule has 0 aliphatic heterocycles. The van der Waals surface area contributed by atoms with Crippen LogP contribution in [-0.4, -0.2) is 25.9 Å². The fourth-order valence-corrected chi connectivity index (χ4v) is 1.82. The fourth-order valence-electron chi connectivity index (χ4n) is 1.82. The molecule has 0 aliphatic carbocycles. The van der Waals surface area contributed by atoms with Gasteiger partial charge >= 0.3 is 0 Å². The monoisotopic (exact) mass is 261 g/mol. The van der Waals surface area contributed by atoms with Crippen LogP contribution in [0.5, 0.6) is 11.5 Å². The molecule has 0 bridgehead atoms. The third-order valence-corrected chi connectivity index (χ3v) is 2.65. The fraction of sp³-hybridized carbons (Fsp3) is 0.231. The van der Waals surface area contributed by atoms with E-state index in [2.05, 4.69) is 10.4 Å². The molecule has 0 fully saturated rings. The van der Waals surface area contributed by atoms with Gasteiger partial charge in [0.05, 0.1) is 11.4 Å². The van der Waals surface area contributed by atoms with Gasteiger partial charge in [0.25, 0.3) is 5.91 Å². The van der Waals surface area contributed by atoms with E-state index >= 15 is 0 Å². The van der Waals surface area contributed by atoms with Gasteiger partial charge in [-0.25, -0.2) is 0 Å². The van der Waals surface area contributed by atoms with Gasteiger partial charge in [-0.05, 0) is 18.6 Å². The molecule has 0 aliphatic rings. The van der Waals surface area contributed by atoms with Crippen molar-refractivity contribution in [3.05, 3.63) is 35.7 Å². The van der Waals surface area contributed by atoms with Crippen molar-refractivity contribution in [2.75, 3.05) is 5.32 Å². The Bertz CT molecular complexity index is 599. The van der Waals surface area contributed by atoms with Crippen LogP contribution < -0.4 is 5.32 Å². The average Bonchev–Trinajstić information content (AvgIpc) is 2.68. The van der Waals surface area contributed by atoms with E-state index in [9.17, 15) is 15.0 Å². The first kappa shape index (κ1) is 12.9. The Balaban J connectivity index is 2.25. The second-order valence-corrected chi connectivity index (χ2v) is 4.21. The molecule has 1 aromatic heterocycles. The summed E-state index contributed by atoms with van der Waals surface area (Å²) in [6.45, 7) is 1.94. The number of hydrogen-bond acceptors (Lipinski definition) is 4. The first-order valence-electron chi connectivity index (χ1n) is 5.86. The van der Waals surface area contributed by atoms with Crippen LogP contribution in [0.4, 0.5) is 5.69 Å². The summed E-state index contributed by atoms with van der Waals surface area (Å²) in [6, 6.07) is 3.74. The number of benzene rings is 1. The van der Waals surface area contributed by atoms with Crippen LogP contribution >= 0.6 is 0 Å². The lowest BCUT2D eigenvalue weighted by Gasteiger charge is -2.05. The van der Waals surface area contributed by atoms with E-state index in [1.807, 2.05) is 6.92 Å². The van der Waals surface area contributed by atoms with Crippen LogP contribution in [0, 0.1) is 0 Å². The van der Waals surface area contributed by atoms with E-state index < -0.39 is 5.91 Å². The lowest BCUT2D eigenvalue weighted by atomic mass is 10.2. The molecule has 1 amide bonds. The molecule has 0 radical (unpaired) electrons. The van der Waals surface area contributed by atoms with E-state index in [0.717, 1.165) is 5.69 Å². The molecule has 2 aromatic rings. The van der Waals surface area contributed by atoms with Gasteiger partial charge in [0, 0.05) is 24.9 Å². The Morgan fingerprint density at radius 3 is 2.53 bits per heavy atom. The molecule has 6 heteroatoms. The number of nitrogens with zero attached hydrogens (tertiary/aromatic N) is 2. The van der Waals surface area contributed by atoms with Gasteiger partial charge in [0.2, 0.25) is 0 Å². The first-order chi connectivity index (χ1) is 8.99. The molecule has 3 N–H and O–H groups in total. The predicted octanol–water partition coefficient (Wildman–Crippen LogP) is 1.65. The highest BCUT2D eigenvalue weighted by molar-refractivity contribution is 6.05. The number of anilines is 1. The Kier molecular flexibility index (Phi) is 3.41. The van der Waals surface area contributed by atoms with Crippen molar-refractivity contribution in [2.45, 2.75) is 13.3 Å². The molecule has 1 heterocycles. The van der Waals surface area contributed by atoms with Crippen LogP contribution in [0.2, 0.25) is 0 Å². The van der Waals surface area contributed by atoms with Crippen molar-refractivity contribution in [2.24, 2.45) is 7.05 Å². The maximum Gasteiger partial charge on any atom is 0.256 e. The summed E-state index contributed by atoms with van der Waals surface area (Å²) in [6.07, 6.45) is 2.40. The highest BCUT2D eigenvalue weighted by atomic mass is 16.3. The Labute approximate surface area is 110 Å². The summed E-state index contributed by atoms with van der Waals surface area (Å²) in [5.41, 5.74) is 1.58. The second kappa shape index (κ2) is 5.01. The van der Waals surface area contributed by atoms with Crippen molar-refractivity contribution >= 4 is 11.6 Å². The SMILES string of the molecule is CCc1nn(C)cc1NC(=O)c1cc(O)cc(O)c1. The molecule has 100 valence electrons. The highest BCUT2D eigenvalue weighted by Crippen LogP contribution is 2.22. The van der Waals surface area contributed by atoms with Gasteiger partial charge < -0.3 is 15.5 Å². The minimum Gasteiger partial charge on any atom is -0.508 e. The van der Waals surface area contributed by atoms with Gasteiger partial charge in [-0.1, -0.05) is 6.92 Å². The summed E-state index contributed by atoms with van der Waals surface area (Å²) in [7, 11) is 1.77. The normalized spacial score (nSPS) is 10.4. The molecule has 0 atom stereocenters. The van der Waals surface area contributed by atoms with Crippen LogP contribution in [0.1, 0.15) is 23.0 Å². The number of rotatable bonds is 3. The van der Waals surface area contributed by atoms with Gasteiger partial charge in [0.1, 0.15) is 11.5 Å². The molecular weight excluding hydrogens is 246 g/mol. The molecule has 2 rings (SSSR count). The lowest BCUT2D eigenvalue weighted by Crippen LogP contribution is -2.12. The number of nitrogens with one attached hydrogen (secondary N) is 1. The highest BCUT2D eigenvalue weighted by Gasteiger charge is 2.12. The van der Waals surface area contributed by atoms with E-state index in [-0.39, 0.29) is 17.1 Å². The van der Waals surface area contributed by atoms with Crippen LogP contribution in [-0.2, 0) is 13.5 Å². The number of hydrogen-bond donors (Lipinski definition) is 3. The third-order valence-electron chi connectivity index (χ3n) is 2.65. The molecule has 0 unspecified atom stereocenters. The van der Waals surface area contributed by atoms with E-state index in [4.69, 9.17) is 0 Å². The predicted molar refractivity (Wildman–Crippen MR) is 70.3 cm³/mol. The molecular formula is C13H15N3O3. The van der Waals surface area contributed by atoms with Crippen molar-refractivity contribution < 1.29 is 15.0 Å². The molecule has 19 heavy (non-hydrogen) atoms. The maximum absolute atomic E-state index is 12.0. The van der Waals surface area contributed by atoms with Crippen LogP contribution in [0.25, 0.3) is 0 Å². The number of phenolic OH excluding ortho intramolecular Hbond substituents is 2.